The van der Waals surface area contributed by atoms with Crippen LogP contribution in [0.25, 0.3) is 0 Å². The Hall–Kier alpha value is -2.15. The Morgan fingerprint density at radius 3 is 2.56 bits per heavy atom. The van der Waals surface area contributed by atoms with Crippen LogP contribution in [-0.2, 0) is 9.47 Å². The first-order valence-corrected chi connectivity index (χ1v) is 9.80. The lowest BCUT2D eigenvalue weighted by Gasteiger charge is -2.33. The maximum Gasteiger partial charge on any atom is 0.197 e. The van der Waals surface area contributed by atoms with E-state index in [1.165, 1.54) is 4.90 Å². The molecule has 0 aliphatic carbocycles. The van der Waals surface area contributed by atoms with Crippen molar-refractivity contribution in [1.29, 1.82) is 0 Å². The van der Waals surface area contributed by atoms with E-state index in [-0.39, 0.29) is 12.6 Å². The van der Waals surface area contributed by atoms with Crippen LogP contribution in [0.15, 0.2) is 59.5 Å². The molecule has 3 rings (SSSR count). The van der Waals surface area contributed by atoms with Gasteiger partial charge < -0.3 is 24.7 Å². The minimum absolute atomic E-state index is 0.129. The molecule has 2 aromatic rings. The Morgan fingerprint density at radius 2 is 1.89 bits per heavy atom. The van der Waals surface area contributed by atoms with Crippen LogP contribution in [0, 0.1) is 6.92 Å². The van der Waals surface area contributed by atoms with E-state index < -0.39 is 0 Å². The zero-order valence-corrected chi connectivity index (χ0v) is 16.5. The highest BCUT2D eigenvalue weighted by Crippen LogP contribution is 2.28. The second kappa shape index (κ2) is 9.17. The molecule has 0 spiro atoms. The van der Waals surface area contributed by atoms with Gasteiger partial charge in [0.1, 0.15) is 24.7 Å². The van der Waals surface area contributed by atoms with Gasteiger partial charge in [-0.1, -0.05) is 6.58 Å². The van der Waals surface area contributed by atoms with Gasteiger partial charge in [0.25, 0.3) is 0 Å². The van der Waals surface area contributed by atoms with Crippen LogP contribution in [-0.4, -0.2) is 31.5 Å². The SMILES string of the molecule is C=C(COc1ccc(N)cc1)CSc1ccc(OCC2OC(C)O2)c(C)c1. The predicted molar refractivity (Wildman–Crippen MR) is 108 cm³/mol. The molecule has 27 heavy (non-hydrogen) atoms. The molecule has 1 saturated heterocycles. The molecule has 0 bridgehead atoms. The molecule has 1 fully saturated rings. The van der Waals surface area contributed by atoms with Gasteiger partial charge >= 0.3 is 0 Å². The number of rotatable bonds is 9. The average Bonchev–Trinajstić information content (AvgIpc) is 2.63. The average molecular weight is 388 g/mol. The smallest absolute Gasteiger partial charge is 0.197 e. The van der Waals surface area contributed by atoms with Gasteiger partial charge in [0.05, 0.1) is 0 Å². The Bertz CT molecular complexity index is 772. The molecule has 0 atom stereocenters. The Labute approximate surface area is 164 Å². The number of thioether (sulfide) groups is 1. The molecule has 6 heteroatoms. The molecule has 1 heterocycles. The predicted octanol–water partition coefficient (Wildman–Crippen LogP) is 4.40. The van der Waals surface area contributed by atoms with Crippen LogP contribution >= 0.6 is 11.8 Å². The third-order valence-electron chi connectivity index (χ3n) is 3.97. The molecule has 0 radical (unpaired) electrons. The number of aryl methyl sites for hydroxylation is 1. The molecular formula is C21H25NO4S. The van der Waals surface area contributed by atoms with E-state index in [0.717, 1.165) is 34.1 Å². The summed E-state index contributed by atoms with van der Waals surface area (Å²) in [5.74, 6) is 2.43. The highest BCUT2D eigenvalue weighted by molar-refractivity contribution is 7.99. The van der Waals surface area contributed by atoms with Crippen LogP contribution < -0.4 is 15.2 Å². The molecule has 1 aliphatic heterocycles. The van der Waals surface area contributed by atoms with Crippen molar-refractivity contribution < 1.29 is 18.9 Å². The van der Waals surface area contributed by atoms with Crippen LogP contribution in [0.5, 0.6) is 11.5 Å². The standard InChI is InChI=1S/C21H25NO4S/c1-14(11-23-18-6-4-17(22)5-7-18)13-27-19-8-9-20(15(2)10-19)24-12-21-25-16(3)26-21/h4-10,16,21H,1,11-13,22H2,2-3H3. The van der Waals surface area contributed by atoms with Crippen molar-refractivity contribution in [2.45, 2.75) is 31.3 Å². The fourth-order valence-corrected chi connectivity index (χ4v) is 3.40. The van der Waals surface area contributed by atoms with Crippen molar-refractivity contribution in [2.24, 2.45) is 0 Å². The maximum absolute atomic E-state index is 5.76. The van der Waals surface area contributed by atoms with Gasteiger partial charge in [0, 0.05) is 16.3 Å². The first-order chi connectivity index (χ1) is 13.0. The van der Waals surface area contributed by atoms with E-state index in [4.69, 9.17) is 24.7 Å². The van der Waals surface area contributed by atoms with Gasteiger partial charge in [-0.3, -0.25) is 0 Å². The molecule has 2 N–H and O–H groups in total. The molecule has 0 unspecified atom stereocenters. The molecule has 0 aromatic heterocycles. The topological polar surface area (TPSA) is 62.9 Å². The lowest BCUT2D eigenvalue weighted by atomic mass is 10.2. The first kappa shape index (κ1) is 19.6. The summed E-state index contributed by atoms with van der Waals surface area (Å²) in [4.78, 5) is 1.17. The largest absolute Gasteiger partial charge is 0.489 e. The van der Waals surface area contributed by atoms with Gasteiger partial charge in [0.15, 0.2) is 12.6 Å². The normalized spacial score (nSPS) is 18.6. The molecule has 0 amide bonds. The molecule has 1 aliphatic rings. The summed E-state index contributed by atoms with van der Waals surface area (Å²) in [5.41, 5.74) is 8.49. The zero-order chi connectivity index (χ0) is 19.2. The summed E-state index contributed by atoms with van der Waals surface area (Å²) in [6.45, 7) is 8.87. The van der Waals surface area contributed by atoms with Gasteiger partial charge in [-0.05, 0) is 67.4 Å². The minimum Gasteiger partial charge on any atom is -0.489 e. The lowest BCUT2D eigenvalue weighted by Crippen LogP contribution is -2.42. The Balaban J connectivity index is 1.41. The van der Waals surface area contributed by atoms with Crippen molar-refractivity contribution in [1.82, 2.24) is 0 Å². The van der Waals surface area contributed by atoms with Gasteiger partial charge in [0.2, 0.25) is 0 Å². The number of anilines is 1. The van der Waals surface area contributed by atoms with Crippen molar-refractivity contribution in [3.8, 4) is 11.5 Å². The van der Waals surface area contributed by atoms with Crippen LogP contribution in [0.2, 0.25) is 0 Å². The summed E-state index contributed by atoms with van der Waals surface area (Å²) >= 11 is 1.72. The van der Waals surface area contributed by atoms with E-state index in [2.05, 4.69) is 12.6 Å². The molecule has 5 nitrogen and oxygen atoms in total. The van der Waals surface area contributed by atoms with E-state index >= 15 is 0 Å². The molecule has 144 valence electrons. The summed E-state index contributed by atoms with van der Waals surface area (Å²) in [5, 5.41) is 0. The Kier molecular flexibility index (Phi) is 6.66. The zero-order valence-electron chi connectivity index (χ0n) is 15.6. The summed E-state index contributed by atoms with van der Waals surface area (Å²) in [6, 6.07) is 13.5. The summed E-state index contributed by atoms with van der Waals surface area (Å²) in [6.07, 6.45) is -0.395. The van der Waals surface area contributed by atoms with Gasteiger partial charge in [-0.2, -0.15) is 0 Å². The van der Waals surface area contributed by atoms with Gasteiger partial charge in [-0.25, -0.2) is 0 Å². The van der Waals surface area contributed by atoms with Crippen LogP contribution in [0.1, 0.15) is 12.5 Å². The van der Waals surface area contributed by atoms with Crippen molar-refractivity contribution in [2.75, 3.05) is 24.7 Å². The van der Waals surface area contributed by atoms with E-state index in [0.29, 0.717) is 13.2 Å². The van der Waals surface area contributed by atoms with E-state index in [1.54, 1.807) is 11.8 Å². The van der Waals surface area contributed by atoms with Crippen molar-refractivity contribution in [3.05, 3.63) is 60.2 Å². The highest BCUT2D eigenvalue weighted by atomic mass is 32.2. The number of hydrogen-bond acceptors (Lipinski definition) is 6. The van der Waals surface area contributed by atoms with Crippen molar-refractivity contribution in [3.63, 3.8) is 0 Å². The molecule has 0 saturated carbocycles. The van der Waals surface area contributed by atoms with Crippen LogP contribution in [0.4, 0.5) is 5.69 Å². The monoisotopic (exact) mass is 387 g/mol. The van der Waals surface area contributed by atoms with E-state index in [1.807, 2.05) is 50.2 Å². The third kappa shape index (κ3) is 5.92. The quantitative estimate of drug-likeness (QED) is 0.391. The highest BCUT2D eigenvalue weighted by Gasteiger charge is 2.27. The van der Waals surface area contributed by atoms with Crippen LogP contribution in [0.3, 0.4) is 0 Å². The second-order valence-corrected chi connectivity index (χ2v) is 7.45. The minimum atomic E-state index is -0.266. The molecule has 2 aromatic carbocycles. The molecular weight excluding hydrogens is 362 g/mol. The number of hydrogen-bond donors (Lipinski definition) is 1. The summed E-state index contributed by atoms with van der Waals surface area (Å²) < 4.78 is 22.2. The Morgan fingerprint density at radius 1 is 1.15 bits per heavy atom. The number of benzene rings is 2. The first-order valence-electron chi connectivity index (χ1n) is 8.82. The number of nitrogen functional groups attached to an aromatic ring is 1. The summed E-state index contributed by atoms with van der Waals surface area (Å²) in [7, 11) is 0. The fraction of sp³-hybridized carbons (Fsp3) is 0.333. The number of nitrogens with two attached hydrogens (primary N) is 1. The van der Waals surface area contributed by atoms with Gasteiger partial charge in [-0.15, -0.1) is 11.8 Å². The third-order valence-corrected chi connectivity index (χ3v) is 5.11. The fourth-order valence-electron chi connectivity index (χ4n) is 2.52. The second-order valence-electron chi connectivity index (χ2n) is 6.40. The lowest BCUT2D eigenvalue weighted by molar-refractivity contribution is -0.380. The maximum atomic E-state index is 5.76. The van der Waals surface area contributed by atoms with Crippen molar-refractivity contribution >= 4 is 17.4 Å². The number of ether oxygens (including phenoxy) is 4. The van der Waals surface area contributed by atoms with E-state index in [9.17, 15) is 0 Å².